The van der Waals surface area contributed by atoms with Crippen molar-refractivity contribution in [1.29, 1.82) is 0 Å². The van der Waals surface area contributed by atoms with Crippen molar-refractivity contribution < 1.29 is 14.3 Å². The van der Waals surface area contributed by atoms with Gasteiger partial charge in [0.1, 0.15) is 23.3 Å². The summed E-state index contributed by atoms with van der Waals surface area (Å²) in [4.78, 5) is 24.9. The number of fused-ring (bicyclic) bond motifs is 1. The van der Waals surface area contributed by atoms with Crippen molar-refractivity contribution in [3.05, 3.63) is 36.4 Å². The van der Waals surface area contributed by atoms with Crippen LogP contribution in [0, 0.1) is 0 Å². The van der Waals surface area contributed by atoms with Gasteiger partial charge < -0.3 is 20.2 Å². The number of carbonyl (C=O) groups is 1. The molecule has 8 nitrogen and oxygen atoms in total. The molecule has 0 fully saturated rings. The smallest absolute Gasteiger partial charge is 0.182 e. The van der Waals surface area contributed by atoms with Gasteiger partial charge in [0.25, 0.3) is 0 Å². The van der Waals surface area contributed by atoms with Crippen LogP contribution < -0.4 is 15.2 Å². The number of aldehydes is 1. The van der Waals surface area contributed by atoms with Gasteiger partial charge in [0.15, 0.2) is 17.8 Å². The van der Waals surface area contributed by atoms with E-state index in [1.807, 2.05) is 6.92 Å². The molecule has 0 unspecified atom stereocenters. The zero-order valence-electron chi connectivity index (χ0n) is 12.8. The molecule has 0 saturated heterocycles. The topological polar surface area (TPSA) is 116 Å². The monoisotopic (exact) mass is 315 g/mol. The molecule has 0 aliphatic heterocycles. The Labute approximate surface area is 132 Å². The lowest BCUT2D eigenvalue weighted by molar-refractivity contribution is 0.112. The molecule has 0 bridgehead atoms. The van der Waals surface area contributed by atoms with E-state index in [-0.39, 0.29) is 0 Å². The number of rotatable bonds is 4. The number of hydrogen-bond donors (Lipinski definition) is 2. The fourth-order valence-corrected chi connectivity index (χ4v) is 1.80. The Hall–Kier alpha value is -3.16. The number of H-pyrrole nitrogens is 1. The number of nitrogens with one attached hydrogen (secondary N) is 1. The van der Waals surface area contributed by atoms with Crippen molar-refractivity contribution in [2.75, 3.05) is 19.5 Å². The quantitative estimate of drug-likeness (QED) is 0.705. The molecule has 2 aromatic heterocycles. The molecular weight excluding hydrogens is 298 g/mol. The second-order valence-corrected chi connectivity index (χ2v) is 4.31. The molecular formula is C15H17N5O3. The highest BCUT2D eigenvalue weighted by atomic mass is 16.5. The number of nitrogen functional groups attached to an aromatic ring is 1. The Balaban J connectivity index is 0.000000172. The van der Waals surface area contributed by atoms with E-state index in [1.165, 1.54) is 12.7 Å². The van der Waals surface area contributed by atoms with Crippen molar-refractivity contribution in [3.63, 3.8) is 0 Å². The van der Waals surface area contributed by atoms with Crippen molar-refractivity contribution >= 4 is 23.3 Å². The SMILES string of the molecule is CCOc1cc(OC)ccc1C=O.Nc1ncnc2nc[nH]c12. The summed E-state index contributed by atoms with van der Waals surface area (Å²) in [7, 11) is 1.58. The summed E-state index contributed by atoms with van der Waals surface area (Å²) in [6.45, 7) is 2.40. The summed E-state index contributed by atoms with van der Waals surface area (Å²) < 4.78 is 10.3. The Kier molecular flexibility index (Phi) is 5.45. The third-order valence-electron chi connectivity index (χ3n) is 2.90. The Morgan fingerprint density at radius 3 is 2.78 bits per heavy atom. The molecule has 2 heterocycles. The van der Waals surface area contributed by atoms with Crippen LogP contribution in [0.25, 0.3) is 11.2 Å². The fraction of sp³-hybridized carbons (Fsp3) is 0.200. The van der Waals surface area contributed by atoms with Crippen LogP contribution in [0.3, 0.4) is 0 Å². The lowest BCUT2D eigenvalue weighted by atomic mass is 10.2. The molecule has 0 atom stereocenters. The van der Waals surface area contributed by atoms with E-state index in [1.54, 1.807) is 25.3 Å². The maximum absolute atomic E-state index is 10.6. The summed E-state index contributed by atoms with van der Waals surface area (Å²) in [5.41, 5.74) is 7.32. The minimum atomic E-state index is 0.433. The molecule has 1 aromatic carbocycles. The number of ether oxygens (including phenoxy) is 2. The van der Waals surface area contributed by atoms with Gasteiger partial charge in [-0.2, -0.15) is 0 Å². The lowest BCUT2D eigenvalue weighted by Crippen LogP contribution is -1.96. The van der Waals surface area contributed by atoms with E-state index >= 15 is 0 Å². The van der Waals surface area contributed by atoms with Crippen LogP contribution in [-0.2, 0) is 0 Å². The van der Waals surface area contributed by atoms with Gasteiger partial charge in [-0.1, -0.05) is 0 Å². The number of benzene rings is 1. The average Bonchev–Trinajstić information content (AvgIpc) is 3.06. The van der Waals surface area contributed by atoms with E-state index < -0.39 is 0 Å². The van der Waals surface area contributed by atoms with E-state index in [0.29, 0.717) is 40.7 Å². The first-order chi connectivity index (χ1) is 11.2. The van der Waals surface area contributed by atoms with Gasteiger partial charge >= 0.3 is 0 Å². The maximum atomic E-state index is 10.6. The summed E-state index contributed by atoms with van der Waals surface area (Å²) in [6.07, 6.45) is 3.69. The predicted molar refractivity (Wildman–Crippen MR) is 85.6 cm³/mol. The number of anilines is 1. The molecule has 3 rings (SSSR count). The first-order valence-corrected chi connectivity index (χ1v) is 6.85. The summed E-state index contributed by atoms with van der Waals surface area (Å²) >= 11 is 0. The van der Waals surface area contributed by atoms with E-state index in [4.69, 9.17) is 15.2 Å². The molecule has 0 spiro atoms. The summed E-state index contributed by atoms with van der Waals surface area (Å²) in [5, 5.41) is 0. The highest BCUT2D eigenvalue weighted by Crippen LogP contribution is 2.23. The molecule has 23 heavy (non-hydrogen) atoms. The van der Waals surface area contributed by atoms with Gasteiger partial charge in [-0.05, 0) is 19.1 Å². The van der Waals surface area contributed by atoms with Gasteiger partial charge in [0, 0.05) is 6.07 Å². The van der Waals surface area contributed by atoms with Gasteiger partial charge in [-0.25, -0.2) is 15.0 Å². The van der Waals surface area contributed by atoms with Crippen LogP contribution >= 0.6 is 0 Å². The van der Waals surface area contributed by atoms with Crippen molar-refractivity contribution in [2.45, 2.75) is 6.92 Å². The standard InChI is InChI=1S/C10H12O3.C5H5N5/c1-3-13-10-6-9(12-2)5-4-8(10)7-11;6-4-3-5(9-1-7-3)10-2-8-4/h4-7H,3H2,1-2H3;1-2H,(H3,6,7,8,9,10). The molecule has 0 saturated carbocycles. The molecule has 120 valence electrons. The second-order valence-electron chi connectivity index (χ2n) is 4.31. The highest BCUT2D eigenvalue weighted by molar-refractivity contribution is 5.80. The molecule has 3 N–H and O–H groups in total. The van der Waals surface area contributed by atoms with Gasteiger partial charge in [0.2, 0.25) is 0 Å². The third-order valence-corrected chi connectivity index (χ3v) is 2.90. The fourth-order valence-electron chi connectivity index (χ4n) is 1.80. The molecule has 0 radical (unpaired) electrons. The predicted octanol–water partition coefficient (Wildman–Crippen LogP) is 1.84. The van der Waals surface area contributed by atoms with Crippen molar-refractivity contribution in [3.8, 4) is 11.5 Å². The third kappa shape index (κ3) is 3.94. The van der Waals surface area contributed by atoms with Crippen molar-refractivity contribution in [2.24, 2.45) is 0 Å². The number of nitrogens with zero attached hydrogens (tertiary/aromatic N) is 3. The Morgan fingerprint density at radius 2 is 2.13 bits per heavy atom. The van der Waals surface area contributed by atoms with Crippen LogP contribution in [-0.4, -0.2) is 39.9 Å². The lowest BCUT2D eigenvalue weighted by Gasteiger charge is -2.07. The summed E-state index contributed by atoms with van der Waals surface area (Å²) in [6, 6.07) is 5.11. The van der Waals surface area contributed by atoms with Crippen LogP contribution in [0.4, 0.5) is 5.82 Å². The highest BCUT2D eigenvalue weighted by Gasteiger charge is 2.03. The molecule has 0 aliphatic carbocycles. The largest absolute Gasteiger partial charge is 0.497 e. The zero-order chi connectivity index (χ0) is 16.7. The van der Waals surface area contributed by atoms with Crippen molar-refractivity contribution in [1.82, 2.24) is 19.9 Å². The van der Waals surface area contributed by atoms with Crippen LogP contribution in [0.1, 0.15) is 17.3 Å². The number of carbonyl (C=O) groups excluding carboxylic acids is 1. The normalized spacial score (nSPS) is 9.83. The van der Waals surface area contributed by atoms with Crippen LogP contribution in [0.15, 0.2) is 30.9 Å². The number of aromatic nitrogens is 4. The van der Waals surface area contributed by atoms with E-state index in [0.717, 1.165) is 6.29 Å². The molecule has 8 heteroatoms. The van der Waals surface area contributed by atoms with Gasteiger partial charge in [-0.15, -0.1) is 0 Å². The van der Waals surface area contributed by atoms with Gasteiger partial charge in [0.05, 0.1) is 25.6 Å². The zero-order valence-corrected chi connectivity index (χ0v) is 12.8. The minimum Gasteiger partial charge on any atom is -0.497 e. The Morgan fingerprint density at radius 1 is 1.30 bits per heavy atom. The number of nitrogens with two attached hydrogens (primary N) is 1. The summed E-state index contributed by atoms with van der Waals surface area (Å²) in [5.74, 6) is 1.69. The van der Waals surface area contributed by atoms with Crippen LogP contribution in [0.5, 0.6) is 11.5 Å². The van der Waals surface area contributed by atoms with Gasteiger partial charge in [-0.3, -0.25) is 4.79 Å². The number of imidazole rings is 1. The number of methoxy groups -OCH3 is 1. The Bertz CT molecular complexity index is 788. The maximum Gasteiger partial charge on any atom is 0.182 e. The van der Waals surface area contributed by atoms with E-state index in [9.17, 15) is 4.79 Å². The minimum absolute atomic E-state index is 0.433. The molecule has 3 aromatic rings. The van der Waals surface area contributed by atoms with Crippen LogP contribution in [0.2, 0.25) is 0 Å². The first-order valence-electron chi connectivity index (χ1n) is 6.85. The number of hydrogen-bond acceptors (Lipinski definition) is 7. The first kappa shape index (κ1) is 16.2. The second kappa shape index (κ2) is 7.74. The number of aromatic amines is 1. The molecule has 0 aliphatic rings. The molecule has 0 amide bonds. The average molecular weight is 315 g/mol. The van der Waals surface area contributed by atoms with E-state index in [2.05, 4.69) is 19.9 Å².